The highest BCUT2D eigenvalue weighted by atomic mass is 79.9. The number of halogens is 1. The normalized spacial score (nSPS) is 12.3. The van der Waals surface area contributed by atoms with E-state index >= 15 is 0 Å². The van der Waals surface area contributed by atoms with Crippen molar-refractivity contribution < 1.29 is 14.1 Å². The lowest BCUT2D eigenvalue weighted by Crippen LogP contribution is -2.01. The average Bonchev–Trinajstić information content (AvgIpc) is 2.74. The number of aryl methyl sites for hydroxylation is 1. The largest absolute Gasteiger partial charge is 0.478 e. The third-order valence-electron chi connectivity index (χ3n) is 2.49. The van der Waals surface area contributed by atoms with E-state index < -0.39 is 16.8 Å². The van der Waals surface area contributed by atoms with E-state index in [4.69, 9.17) is 5.11 Å². The summed E-state index contributed by atoms with van der Waals surface area (Å²) in [5, 5.41) is 13.0. The molecule has 2 rings (SSSR count). The zero-order valence-corrected chi connectivity index (χ0v) is 12.4. The van der Waals surface area contributed by atoms with Crippen molar-refractivity contribution in [3.63, 3.8) is 0 Å². The molecular formula is C12H11BrN2O3S. The minimum Gasteiger partial charge on any atom is -0.478 e. The van der Waals surface area contributed by atoms with Gasteiger partial charge in [0, 0.05) is 28.2 Å². The van der Waals surface area contributed by atoms with Crippen LogP contribution in [0.2, 0.25) is 0 Å². The van der Waals surface area contributed by atoms with Crippen LogP contribution < -0.4 is 0 Å². The lowest BCUT2D eigenvalue weighted by atomic mass is 10.2. The molecule has 0 amide bonds. The second-order valence-electron chi connectivity index (χ2n) is 3.96. The average molecular weight is 343 g/mol. The molecular weight excluding hydrogens is 332 g/mol. The molecule has 100 valence electrons. The van der Waals surface area contributed by atoms with Crippen molar-refractivity contribution in [3.8, 4) is 0 Å². The van der Waals surface area contributed by atoms with Gasteiger partial charge in [-0.15, -0.1) is 0 Å². The van der Waals surface area contributed by atoms with E-state index in [1.807, 2.05) is 0 Å². The van der Waals surface area contributed by atoms with Gasteiger partial charge in [0.1, 0.15) is 0 Å². The fraction of sp³-hybridized carbons (Fsp3) is 0.167. The predicted molar refractivity (Wildman–Crippen MR) is 74.4 cm³/mol. The molecule has 1 atom stereocenters. The lowest BCUT2D eigenvalue weighted by Gasteiger charge is -2.04. The second kappa shape index (κ2) is 5.66. The van der Waals surface area contributed by atoms with Crippen LogP contribution in [0.4, 0.5) is 0 Å². The first-order valence-corrected chi connectivity index (χ1v) is 7.47. The summed E-state index contributed by atoms with van der Waals surface area (Å²) in [5.74, 6) is -0.735. The summed E-state index contributed by atoms with van der Waals surface area (Å²) >= 11 is 3.16. The Morgan fingerprint density at radius 2 is 2.26 bits per heavy atom. The number of hydrogen-bond donors (Lipinski definition) is 1. The quantitative estimate of drug-likeness (QED) is 0.924. The van der Waals surface area contributed by atoms with Gasteiger partial charge in [0.25, 0.3) is 0 Å². The summed E-state index contributed by atoms with van der Waals surface area (Å²) < 4.78 is 14.3. The molecule has 0 aliphatic carbocycles. The molecule has 0 bridgehead atoms. The maximum Gasteiger partial charge on any atom is 0.336 e. The van der Waals surface area contributed by atoms with Gasteiger partial charge in [0.2, 0.25) is 0 Å². The predicted octanol–water partition coefficient (Wildman–Crippen LogP) is 2.19. The molecule has 5 nitrogen and oxygen atoms in total. The van der Waals surface area contributed by atoms with E-state index in [0.717, 1.165) is 5.56 Å². The van der Waals surface area contributed by atoms with Crippen LogP contribution in [0.15, 0.2) is 40.0 Å². The number of carboxylic acid groups (broad SMARTS) is 1. The number of carboxylic acids is 1. The summed E-state index contributed by atoms with van der Waals surface area (Å²) in [7, 11) is 0.493. The van der Waals surface area contributed by atoms with Crippen molar-refractivity contribution in [3.05, 3.63) is 46.2 Å². The molecule has 19 heavy (non-hydrogen) atoms. The van der Waals surface area contributed by atoms with Crippen LogP contribution in [0.1, 0.15) is 15.9 Å². The van der Waals surface area contributed by atoms with Crippen LogP contribution >= 0.6 is 15.9 Å². The van der Waals surface area contributed by atoms with Gasteiger partial charge in [-0.05, 0) is 34.1 Å². The Bertz CT molecular complexity index is 654. The van der Waals surface area contributed by atoms with Crippen LogP contribution in [-0.2, 0) is 23.6 Å². The number of aromatic nitrogens is 2. The van der Waals surface area contributed by atoms with Crippen LogP contribution in [-0.4, -0.2) is 25.1 Å². The number of rotatable bonds is 4. The molecule has 0 radical (unpaired) electrons. The molecule has 1 unspecified atom stereocenters. The Labute approximate surface area is 120 Å². The molecule has 0 aliphatic heterocycles. The van der Waals surface area contributed by atoms with Crippen LogP contribution in [0, 0.1) is 0 Å². The fourth-order valence-corrected chi connectivity index (χ4v) is 3.09. The molecule has 0 saturated carbocycles. The Morgan fingerprint density at radius 1 is 1.53 bits per heavy atom. The standard InChI is InChI=1S/C12H11BrN2O3S/c1-15-6-8(5-14-15)7-19(18)9-2-3-11(13)10(4-9)12(16)17/h2-6H,7H2,1H3,(H,16,17). The summed E-state index contributed by atoms with van der Waals surface area (Å²) in [6.45, 7) is 0. The maximum atomic E-state index is 12.2. The van der Waals surface area contributed by atoms with Crippen LogP contribution in [0.5, 0.6) is 0 Å². The minimum atomic E-state index is -1.29. The monoisotopic (exact) mass is 342 g/mol. The smallest absolute Gasteiger partial charge is 0.336 e. The van der Waals surface area contributed by atoms with E-state index in [0.29, 0.717) is 15.1 Å². The van der Waals surface area contributed by atoms with Crippen molar-refractivity contribution in [1.29, 1.82) is 0 Å². The maximum absolute atomic E-state index is 12.2. The number of hydrogen-bond acceptors (Lipinski definition) is 3. The Morgan fingerprint density at radius 3 is 2.84 bits per heavy atom. The van der Waals surface area contributed by atoms with Crippen molar-refractivity contribution in [2.45, 2.75) is 10.6 Å². The second-order valence-corrected chi connectivity index (χ2v) is 6.26. The molecule has 0 aliphatic rings. The van der Waals surface area contributed by atoms with Gasteiger partial charge in [0.15, 0.2) is 0 Å². The third-order valence-corrected chi connectivity index (χ3v) is 4.55. The topological polar surface area (TPSA) is 72.2 Å². The van der Waals surface area contributed by atoms with Gasteiger partial charge in [-0.25, -0.2) is 4.79 Å². The van der Waals surface area contributed by atoms with Crippen LogP contribution in [0.3, 0.4) is 0 Å². The molecule has 1 aromatic carbocycles. The molecule has 0 spiro atoms. The highest BCUT2D eigenvalue weighted by Gasteiger charge is 2.13. The summed E-state index contributed by atoms with van der Waals surface area (Å²) in [6.07, 6.45) is 3.43. The van der Waals surface area contributed by atoms with Crippen LogP contribution in [0.25, 0.3) is 0 Å². The highest BCUT2D eigenvalue weighted by Crippen LogP contribution is 2.21. The summed E-state index contributed by atoms with van der Waals surface area (Å²) in [4.78, 5) is 11.5. The molecule has 1 N–H and O–H groups in total. The van der Waals surface area contributed by atoms with Crippen molar-refractivity contribution in [2.24, 2.45) is 7.05 Å². The van der Waals surface area contributed by atoms with Gasteiger partial charge in [-0.3, -0.25) is 8.89 Å². The van der Waals surface area contributed by atoms with Crippen molar-refractivity contribution >= 4 is 32.7 Å². The van der Waals surface area contributed by atoms with E-state index in [9.17, 15) is 9.00 Å². The molecule has 2 aromatic rings. The molecule has 1 heterocycles. The summed E-state index contributed by atoms with van der Waals surface area (Å²) in [5.41, 5.74) is 0.956. The van der Waals surface area contributed by atoms with Gasteiger partial charge in [-0.1, -0.05) is 0 Å². The first kappa shape index (κ1) is 14.0. The Kier molecular flexibility index (Phi) is 4.16. The summed E-state index contributed by atoms with van der Waals surface area (Å²) in [6, 6.07) is 4.68. The van der Waals surface area contributed by atoms with Crippen molar-refractivity contribution in [1.82, 2.24) is 9.78 Å². The minimum absolute atomic E-state index is 0.108. The van der Waals surface area contributed by atoms with Gasteiger partial charge in [-0.2, -0.15) is 5.10 Å². The zero-order valence-electron chi connectivity index (χ0n) is 10.0. The third kappa shape index (κ3) is 3.30. The number of nitrogens with zero attached hydrogens (tertiary/aromatic N) is 2. The SMILES string of the molecule is Cn1cc(CS(=O)c2ccc(Br)c(C(=O)O)c2)cn1. The zero-order chi connectivity index (χ0) is 14.0. The molecule has 0 fully saturated rings. The van der Waals surface area contributed by atoms with Gasteiger partial charge in [0.05, 0.1) is 28.3 Å². The van der Waals surface area contributed by atoms with Crippen molar-refractivity contribution in [2.75, 3.05) is 0 Å². The van der Waals surface area contributed by atoms with E-state index in [-0.39, 0.29) is 5.56 Å². The lowest BCUT2D eigenvalue weighted by molar-refractivity contribution is 0.0695. The van der Waals surface area contributed by atoms with E-state index in [1.54, 1.807) is 36.3 Å². The van der Waals surface area contributed by atoms with E-state index in [2.05, 4.69) is 21.0 Å². The van der Waals surface area contributed by atoms with E-state index in [1.165, 1.54) is 6.07 Å². The van der Waals surface area contributed by atoms with Gasteiger partial charge < -0.3 is 5.11 Å². The molecule has 7 heteroatoms. The Hall–Kier alpha value is -1.47. The molecule has 0 saturated heterocycles. The first-order chi connectivity index (χ1) is 8.97. The molecule has 1 aromatic heterocycles. The number of carbonyl (C=O) groups is 1. The first-order valence-electron chi connectivity index (χ1n) is 5.36. The number of benzene rings is 1. The fourth-order valence-electron chi connectivity index (χ4n) is 1.59. The Balaban J connectivity index is 2.24. The number of aromatic carboxylic acids is 1. The highest BCUT2D eigenvalue weighted by molar-refractivity contribution is 9.10. The van der Waals surface area contributed by atoms with Gasteiger partial charge >= 0.3 is 5.97 Å².